The molecule has 2 aliphatic heterocycles. The number of methoxy groups -OCH3 is 2. The van der Waals surface area contributed by atoms with Gasteiger partial charge in [-0.2, -0.15) is 0 Å². The van der Waals surface area contributed by atoms with Gasteiger partial charge in [0.1, 0.15) is 22.5 Å². The molecule has 56 heavy (non-hydrogen) atoms. The number of H-pyrrole nitrogens is 2. The third-order valence-electron chi connectivity index (χ3n) is 10.7. The maximum absolute atomic E-state index is 5.50. The van der Waals surface area contributed by atoms with Crippen molar-refractivity contribution in [2.45, 2.75) is 0 Å². The summed E-state index contributed by atoms with van der Waals surface area (Å²) in [6.07, 6.45) is 0. The molecule has 8 nitrogen and oxygen atoms in total. The van der Waals surface area contributed by atoms with E-state index in [2.05, 4.69) is 107 Å². The van der Waals surface area contributed by atoms with Crippen LogP contribution in [0.15, 0.2) is 146 Å². The molecule has 8 bridgehead atoms. The van der Waals surface area contributed by atoms with E-state index < -0.39 is 0 Å². The van der Waals surface area contributed by atoms with Crippen LogP contribution < -0.4 is 9.47 Å². The van der Waals surface area contributed by atoms with Crippen molar-refractivity contribution in [3.05, 3.63) is 146 Å². The Bertz CT molecular complexity index is 3010. The fraction of sp³-hybridized carbons (Fsp3) is 0.0417. The number of ether oxygens (including phenoxy) is 2. The Morgan fingerprint density at radius 3 is 1.09 bits per heavy atom. The van der Waals surface area contributed by atoms with Gasteiger partial charge in [0.15, 0.2) is 0 Å². The number of aromatic amines is 2. The summed E-state index contributed by atoms with van der Waals surface area (Å²) in [5, 5.41) is 2.24. The highest BCUT2D eigenvalue weighted by Crippen LogP contribution is 2.41. The van der Waals surface area contributed by atoms with Crippen molar-refractivity contribution < 1.29 is 9.47 Å². The van der Waals surface area contributed by atoms with Crippen molar-refractivity contribution in [1.82, 2.24) is 29.9 Å². The van der Waals surface area contributed by atoms with Gasteiger partial charge in [-0.15, -0.1) is 0 Å². The normalized spacial score (nSPS) is 11.8. The van der Waals surface area contributed by atoms with Gasteiger partial charge in [-0.05, 0) is 72.8 Å². The SMILES string of the molecule is COc1ccc(-c2nc3c4cc5nc(cc6[nH]c(cc7nc(cc([nH]4)c3nc2-c2ccc(OC)cc2)-c2ccccc2-7)c2ccccc62)-c2ccccc2-5)cc1. The Kier molecular flexibility index (Phi) is 7.12. The first-order valence-corrected chi connectivity index (χ1v) is 18.4. The van der Waals surface area contributed by atoms with Crippen LogP contribution in [0.1, 0.15) is 0 Å². The minimum absolute atomic E-state index is 0.725. The monoisotopic (exact) mass is 724 g/mol. The lowest BCUT2D eigenvalue weighted by Crippen LogP contribution is -1.95. The summed E-state index contributed by atoms with van der Waals surface area (Å²) >= 11 is 0. The summed E-state index contributed by atoms with van der Waals surface area (Å²) in [6, 6.07) is 49.6. The van der Waals surface area contributed by atoms with Gasteiger partial charge in [-0.3, -0.25) is 0 Å². The molecule has 0 aliphatic carbocycles. The van der Waals surface area contributed by atoms with Gasteiger partial charge in [-0.25, -0.2) is 19.9 Å². The second-order valence-electron chi connectivity index (χ2n) is 14.0. The molecule has 0 fully saturated rings. The van der Waals surface area contributed by atoms with Crippen LogP contribution in [-0.2, 0) is 0 Å². The molecule has 6 heterocycles. The first kappa shape index (κ1) is 31.9. The van der Waals surface area contributed by atoms with Crippen LogP contribution >= 0.6 is 0 Å². The zero-order valence-electron chi connectivity index (χ0n) is 30.5. The molecule has 2 aliphatic rings. The number of nitrogens with zero attached hydrogens (tertiary/aromatic N) is 4. The Labute approximate surface area is 321 Å². The highest BCUT2D eigenvalue weighted by molar-refractivity contribution is 6.09. The molecule has 0 spiro atoms. The van der Waals surface area contributed by atoms with E-state index in [1.807, 2.05) is 48.5 Å². The Balaban J connectivity index is 1.30. The second kappa shape index (κ2) is 12.5. The van der Waals surface area contributed by atoms with E-state index in [1.165, 1.54) is 0 Å². The Morgan fingerprint density at radius 1 is 0.375 bits per heavy atom. The maximum atomic E-state index is 5.50. The molecule has 0 amide bonds. The number of benzene rings is 5. The van der Waals surface area contributed by atoms with E-state index in [9.17, 15) is 0 Å². The zero-order chi connectivity index (χ0) is 37.3. The summed E-state index contributed by atoms with van der Waals surface area (Å²) in [4.78, 5) is 28.9. The molecule has 0 unspecified atom stereocenters. The predicted octanol–water partition coefficient (Wildman–Crippen LogP) is 11.4. The van der Waals surface area contributed by atoms with E-state index in [0.717, 1.165) is 123 Å². The van der Waals surface area contributed by atoms with Crippen molar-refractivity contribution in [3.63, 3.8) is 0 Å². The van der Waals surface area contributed by atoms with Crippen LogP contribution in [0.2, 0.25) is 0 Å². The summed E-state index contributed by atoms with van der Waals surface area (Å²) in [5.41, 5.74) is 16.0. The Hall–Kier alpha value is -7.58. The average Bonchev–Trinajstić information content (AvgIpc) is 3.99. The molecule has 0 saturated heterocycles. The van der Waals surface area contributed by atoms with Gasteiger partial charge >= 0.3 is 0 Å². The summed E-state index contributed by atoms with van der Waals surface area (Å²) in [6.45, 7) is 0. The topological polar surface area (TPSA) is 102 Å². The van der Waals surface area contributed by atoms with Crippen LogP contribution in [-0.4, -0.2) is 44.1 Å². The van der Waals surface area contributed by atoms with Crippen molar-refractivity contribution in [2.24, 2.45) is 0 Å². The van der Waals surface area contributed by atoms with Gasteiger partial charge in [0.2, 0.25) is 0 Å². The quantitative estimate of drug-likeness (QED) is 0.187. The van der Waals surface area contributed by atoms with Gasteiger partial charge in [0, 0.05) is 55.2 Å². The lowest BCUT2D eigenvalue weighted by Gasteiger charge is -2.11. The minimum Gasteiger partial charge on any atom is -0.497 e. The highest BCUT2D eigenvalue weighted by atomic mass is 16.5. The number of hydrogen-bond acceptors (Lipinski definition) is 6. The first-order valence-electron chi connectivity index (χ1n) is 18.4. The minimum atomic E-state index is 0.725. The number of fused-ring (bicyclic) bond motifs is 20. The average molecular weight is 725 g/mol. The molecule has 0 atom stereocenters. The van der Waals surface area contributed by atoms with Gasteiger partial charge in [-0.1, -0.05) is 72.8 Å². The van der Waals surface area contributed by atoms with Gasteiger partial charge in [0.25, 0.3) is 0 Å². The first-order chi connectivity index (χ1) is 27.6. The zero-order valence-corrected chi connectivity index (χ0v) is 30.5. The third kappa shape index (κ3) is 5.07. The molecule has 9 aromatic rings. The standard InChI is InChI=1S/C48H32N6O2/c1-55-29-19-15-27(16-20-29)45-46(28-17-21-30(56-2)22-18-28)54-48-44-26-42-36-14-8-6-12-34(36)40(51-42)24-38-32-10-4-3-9-31(32)37(49-38)23-39-33-11-5-7-13-35(33)41(50-39)25-43(52-44)47(48)53-45/h3-26,49,52H,1-2H3. The molecular weight excluding hydrogens is 693 g/mol. The summed E-state index contributed by atoms with van der Waals surface area (Å²) < 4.78 is 11.0. The molecule has 2 N–H and O–H groups in total. The van der Waals surface area contributed by atoms with E-state index in [4.69, 9.17) is 29.4 Å². The van der Waals surface area contributed by atoms with Crippen LogP contribution in [0.3, 0.4) is 0 Å². The molecule has 0 saturated carbocycles. The lowest BCUT2D eigenvalue weighted by molar-refractivity contribution is 0.414. The van der Waals surface area contributed by atoms with Crippen molar-refractivity contribution in [3.8, 4) is 79.0 Å². The van der Waals surface area contributed by atoms with Crippen molar-refractivity contribution in [2.75, 3.05) is 14.2 Å². The lowest BCUT2D eigenvalue weighted by atomic mass is 10.0. The number of rotatable bonds is 4. The molecule has 266 valence electrons. The highest BCUT2D eigenvalue weighted by Gasteiger charge is 2.22. The molecule has 4 aromatic heterocycles. The molecule has 0 radical (unpaired) electrons. The van der Waals surface area contributed by atoms with E-state index >= 15 is 0 Å². The molecule has 11 rings (SSSR count). The van der Waals surface area contributed by atoms with Crippen molar-refractivity contribution >= 4 is 43.9 Å². The fourth-order valence-electron chi connectivity index (χ4n) is 7.99. The second-order valence-corrected chi connectivity index (χ2v) is 14.0. The molecule has 8 heteroatoms. The van der Waals surface area contributed by atoms with E-state index in [0.29, 0.717) is 0 Å². The molecular formula is C48H32N6O2. The third-order valence-corrected chi connectivity index (χ3v) is 10.7. The number of aromatic nitrogens is 6. The smallest absolute Gasteiger partial charge is 0.118 e. The number of hydrogen-bond donors (Lipinski definition) is 2. The van der Waals surface area contributed by atoms with E-state index in [1.54, 1.807) is 14.2 Å². The summed E-state index contributed by atoms with van der Waals surface area (Å²) in [5.74, 6) is 1.53. The van der Waals surface area contributed by atoms with Crippen LogP contribution in [0.5, 0.6) is 11.5 Å². The number of nitrogens with one attached hydrogen (secondary N) is 2. The van der Waals surface area contributed by atoms with Crippen molar-refractivity contribution in [1.29, 1.82) is 0 Å². The maximum Gasteiger partial charge on any atom is 0.118 e. The summed E-state index contributed by atoms with van der Waals surface area (Å²) in [7, 11) is 3.34. The van der Waals surface area contributed by atoms with Gasteiger partial charge in [0.05, 0.1) is 59.4 Å². The van der Waals surface area contributed by atoms with Crippen LogP contribution in [0.4, 0.5) is 0 Å². The van der Waals surface area contributed by atoms with E-state index in [-0.39, 0.29) is 0 Å². The van der Waals surface area contributed by atoms with Crippen LogP contribution in [0.25, 0.3) is 111 Å². The predicted molar refractivity (Wildman–Crippen MR) is 224 cm³/mol. The largest absolute Gasteiger partial charge is 0.497 e. The van der Waals surface area contributed by atoms with Gasteiger partial charge < -0.3 is 19.4 Å². The molecule has 5 aromatic carbocycles. The fourth-order valence-corrected chi connectivity index (χ4v) is 7.99. The van der Waals surface area contributed by atoms with Crippen LogP contribution in [0, 0.1) is 0 Å². The Morgan fingerprint density at radius 2 is 0.714 bits per heavy atom.